The fourth-order valence-electron chi connectivity index (χ4n) is 3.10. The maximum Gasteiger partial charge on any atom is 0.135 e. The molecule has 0 spiro atoms. The summed E-state index contributed by atoms with van der Waals surface area (Å²) in [5.74, 6) is 3.65. The van der Waals surface area contributed by atoms with Gasteiger partial charge in [-0.1, -0.05) is 19.9 Å². The topological polar surface area (TPSA) is 70.5 Å². The van der Waals surface area contributed by atoms with E-state index in [1.807, 2.05) is 19.1 Å². The number of ether oxygens (including phenoxy) is 1. The Labute approximate surface area is 155 Å². The highest BCUT2D eigenvalue weighted by Gasteiger charge is 2.20. The summed E-state index contributed by atoms with van der Waals surface area (Å²) in [4.78, 5) is 11.7. The van der Waals surface area contributed by atoms with Crippen molar-refractivity contribution in [2.45, 2.75) is 45.7 Å². The summed E-state index contributed by atoms with van der Waals surface area (Å²) in [6.45, 7) is 7.91. The van der Waals surface area contributed by atoms with Gasteiger partial charge in [-0.3, -0.25) is 0 Å². The highest BCUT2D eigenvalue weighted by molar-refractivity contribution is 5.52. The van der Waals surface area contributed by atoms with Crippen LogP contribution in [0.2, 0.25) is 0 Å². The summed E-state index contributed by atoms with van der Waals surface area (Å²) >= 11 is 0. The third kappa shape index (κ3) is 4.07. The quantitative estimate of drug-likeness (QED) is 0.829. The summed E-state index contributed by atoms with van der Waals surface area (Å²) in [6, 6.07) is 8.21. The number of nitrogens with zero attached hydrogens (tertiary/aromatic N) is 3. The summed E-state index contributed by atoms with van der Waals surface area (Å²) < 4.78 is 5.33. The molecule has 0 radical (unpaired) electrons. The molecular formula is C20H28N4O2. The van der Waals surface area contributed by atoms with Gasteiger partial charge >= 0.3 is 0 Å². The first-order valence-electron chi connectivity index (χ1n) is 9.17. The smallest absolute Gasteiger partial charge is 0.135 e. The summed E-state index contributed by atoms with van der Waals surface area (Å²) in [7, 11) is 1.70. The minimum Gasteiger partial charge on any atom is -0.497 e. The van der Waals surface area contributed by atoms with Crippen LogP contribution in [0, 0.1) is 0 Å². The van der Waals surface area contributed by atoms with Crippen LogP contribution in [0.1, 0.15) is 43.6 Å². The number of methoxy groups -OCH3 is 1. The largest absolute Gasteiger partial charge is 0.497 e. The lowest BCUT2D eigenvalue weighted by Crippen LogP contribution is -2.31. The number of aliphatic hydroxyl groups excluding tert-OH is 1. The molecule has 0 unspecified atom stereocenters. The molecule has 0 saturated carbocycles. The van der Waals surface area contributed by atoms with E-state index in [0.717, 1.165) is 42.7 Å². The molecule has 6 nitrogen and oxygen atoms in total. The van der Waals surface area contributed by atoms with Gasteiger partial charge in [-0.25, -0.2) is 9.97 Å². The van der Waals surface area contributed by atoms with E-state index in [1.165, 1.54) is 11.1 Å². The van der Waals surface area contributed by atoms with Gasteiger partial charge in [0.2, 0.25) is 0 Å². The van der Waals surface area contributed by atoms with Crippen LogP contribution < -0.4 is 15.0 Å². The van der Waals surface area contributed by atoms with Gasteiger partial charge in [-0.15, -0.1) is 0 Å². The van der Waals surface area contributed by atoms with Gasteiger partial charge in [0.1, 0.15) is 23.2 Å². The van der Waals surface area contributed by atoms with Crippen LogP contribution in [-0.2, 0) is 13.0 Å². The zero-order valence-electron chi connectivity index (χ0n) is 16.0. The van der Waals surface area contributed by atoms with E-state index in [4.69, 9.17) is 9.72 Å². The fourth-order valence-corrected chi connectivity index (χ4v) is 3.10. The van der Waals surface area contributed by atoms with E-state index in [0.29, 0.717) is 0 Å². The van der Waals surface area contributed by atoms with E-state index in [-0.39, 0.29) is 18.6 Å². The summed E-state index contributed by atoms with van der Waals surface area (Å²) in [5.41, 5.74) is 2.64. The lowest BCUT2D eigenvalue weighted by atomic mass is 9.99. The second-order valence-corrected chi connectivity index (χ2v) is 7.16. The summed E-state index contributed by atoms with van der Waals surface area (Å²) in [6.07, 6.45) is 0.962. The molecule has 0 aliphatic carbocycles. The molecule has 1 aromatic heterocycles. The molecule has 0 saturated heterocycles. The number of fused-ring (bicyclic) bond motifs is 1. The lowest BCUT2D eigenvalue weighted by Gasteiger charge is -2.30. The van der Waals surface area contributed by atoms with Crippen LogP contribution in [0.3, 0.4) is 0 Å². The first-order valence-corrected chi connectivity index (χ1v) is 9.17. The van der Waals surface area contributed by atoms with Crippen LogP contribution >= 0.6 is 0 Å². The number of hydrogen-bond acceptors (Lipinski definition) is 6. The minimum absolute atomic E-state index is 0.0488. The van der Waals surface area contributed by atoms with Gasteiger partial charge in [0, 0.05) is 31.1 Å². The Morgan fingerprint density at radius 2 is 2.00 bits per heavy atom. The fraction of sp³-hybridized carbons (Fsp3) is 0.500. The third-order valence-electron chi connectivity index (χ3n) is 4.66. The second-order valence-electron chi connectivity index (χ2n) is 7.16. The standard InChI is InChI=1S/C20H28N4O2/c1-13(2)20-22-18(21-14(3)12-25)10-19(23-20)24-8-7-15-9-17(26-4)6-5-16(15)11-24/h5-6,9-10,13-14,25H,7-8,11-12H2,1-4H3,(H,21,22,23)/t14-/m1/s1. The molecule has 2 aromatic rings. The average Bonchev–Trinajstić information content (AvgIpc) is 2.66. The molecule has 0 amide bonds. The average molecular weight is 356 g/mol. The van der Waals surface area contributed by atoms with Crippen molar-refractivity contribution in [3.63, 3.8) is 0 Å². The van der Waals surface area contributed by atoms with Gasteiger partial charge < -0.3 is 20.1 Å². The van der Waals surface area contributed by atoms with Crippen LogP contribution in [-0.4, -0.2) is 41.4 Å². The Morgan fingerprint density at radius 3 is 2.69 bits per heavy atom. The van der Waals surface area contributed by atoms with Crippen LogP contribution in [0.15, 0.2) is 24.3 Å². The Bertz CT molecular complexity index is 763. The Morgan fingerprint density at radius 1 is 1.19 bits per heavy atom. The molecule has 1 aromatic carbocycles. The maximum absolute atomic E-state index is 9.32. The molecule has 0 bridgehead atoms. The first kappa shape index (κ1) is 18.5. The molecule has 26 heavy (non-hydrogen) atoms. The predicted molar refractivity (Wildman–Crippen MR) is 104 cm³/mol. The molecular weight excluding hydrogens is 328 g/mol. The van der Waals surface area contributed by atoms with Crippen molar-refractivity contribution in [1.29, 1.82) is 0 Å². The van der Waals surface area contributed by atoms with E-state index in [1.54, 1.807) is 7.11 Å². The van der Waals surface area contributed by atoms with E-state index in [9.17, 15) is 5.11 Å². The van der Waals surface area contributed by atoms with Crippen molar-refractivity contribution < 1.29 is 9.84 Å². The monoisotopic (exact) mass is 356 g/mol. The van der Waals surface area contributed by atoms with Crippen LogP contribution in [0.4, 0.5) is 11.6 Å². The number of rotatable bonds is 6. The Kier molecular flexibility index (Phi) is 5.61. The van der Waals surface area contributed by atoms with Gasteiger partial charge in [-0.05, 0) is 36.6 Å². The van der Waals surface area contributed by atoms with Crippen molar-refractivity contribution in [2.75, 3.05) is 30.5 Å². The number of anilines is 2. The Balaban J connectivity index is 1.88. The molecule has 6 heteroatoms. The summed E-state index contributed by atoms with van der Waals surface area (Å²) in [5, 5.41) is 12.6. The molecule has 1 aliphatic heterocycles. The zero-order valence-corrected chi connectivity index (χ0v) is 16.0. The van der Waals surface area contributed by atoms with E-state index in [2.05, 4.69) is 41.2 Å². The zero-order chi connectivity index (χ0) is 18.7. The molecule has 3 rings (SSSR count). The molecule has 1 aliphatic rings. The third-order valence-corrected chi connectivity index (χ3v) is 4.66. The normalized spacial score (nSPS) is 14.9. The van der Waals surface area contributed by atoms with Gasteiger partial charge in [-0.2, -0.15) is 0 Å². The van der Waals surface area contributed by atoms with Crippen molar-refractivity contribution in [3.05, 3.63) is 41.2 Å². The molecule has 2 N–H and O–H groups in total. The van der Waals surface area contributed by atoms with Gasteiger partial charge in [0.15, 0.2) is 0 Å². The molecule has 0 fully saturated rings. The number of nitrogens with one attached hydrogen (secondary N) is 1. The highest BCUT2D eigenvalue weighted by atomic mass is 16.5. The maximum atomic E-state index is 9.32. The first-order chi connectivity index (χ1) is 12.5. The van der Waals surface area contributed by atoms with Crippen LogP contribution in [0.25, 0.3) is 0 Å². The van der Waals surface area contributed by atoms with Crippen LogP contribution in [0.5, 0.6) is 5.75 Å². The molecule has 2 heterocycles. The van der Waals surface area contributed by atoms with Crippen molar-refractivity contribution in [1.82, 2.24) is 9.97 Å². The predicted octanol–water partition coefficient (Wildman–Crippen LogP) is 2.96. The number of aromatic nitrogens is 2. The number of hydrogen-bond donors (Lipinski definition) is 2. The molecule has 1 atom stereocenters. The van der Waals surface area contributed by atoms with Crippen molar-refractivity contribution in [2.24, 2.45) is 0 Å². The van der Waals surface area contributed by atoms with Gasteiger partial charge in [0.05, 0.1) is 13.7 Å². The van der Waals surface area contributed by atoms with E-state index < -0.39 is 0 Å². The second kappa shape index (κ2) is 7.91. The minimum atomic E-state index is -0.0488. The number of aliphatic hydroxyl groups is 1. The highest BCUT2D eigenvalue weighted by Crippen LogP contribution is 2.28. The SMILES string of the molecule is COc1ccc2c(c1)CCN(c1cc(N[C@H](C)CO)nc(C(C)C)n1)C2. The van der Waals surface area contributed by atoms with Gasteiger partial charge in [0.25, 0.3) is 0 Å². The van der Waals surface area contributed by atoms with E-state index >= 15 is 0 Å². The number of benzene rings is 1. The van der Waals surface area contributed by atoms with Crippen molar-refractivity contribution >= 4 is 11.6 Å². The lowest BCUT2D eigenvalue weighted by molar-refractivity contribution is 0.281. The van der Waals surface area contributed by atoms with Crippen molar-refractivity contribution in [3.8, 4) is 5.75 Å². The molecule has 140 valence electrons. The Hall–Kier alpha value is -2.34.